The maximum absolute atomic E-state index is 13.7. The molecule has 36 heavy (non-hydrogen) atoms. The van der Waals surface area contributed by atoms with Crippen molar-refractivity contribution in [3.8, 4) is 0 Å². The van der Waals surface area contributed by atoms with Gasteiger partial charge in [0.05, 0.1) is 6.04 Å². The van der Waals surface area contributed by atoms with E-state index in [1.807, 2.05) is 0 Å². The molecule has 0 radical (unpaired) electrons. The molecule has 1 aromatic heterocycles. The van der Waals surface area contributed by atoms with E-state index in [4.69, 9.17) is 10.2 Å². The summed E-state index contributed by atoms with van der Waals surface area (Å²) in [4.78, 5) is 30.6. The summed E-state index contributed by atoms with van der Waals surface area (Å²) in [6.07, 6.45) is 1.21. The summed E-state index contributed by atoms with van der Waals surface area (Å²) in [6, 6.07) is 14.8. The van der Waals surface area contributed by atoms with E-state index in [0.29, 0.717) is 31.8 Å². The summed E-state index contributed by atoms with van der Waals surface area (Å²) in [5.41, 5.74) is 7.76. The van der Waals surface area contributed by atoms with Gasteiger partial charge in [-0.2, -0.15) is 0 Å². The topological polar surface area (TPSA) is 79.8 Å². The summed E-state index contributed by atoms with van der Waals surface area (Å²) in [6.45, 7) is 3.17. The van der Waals surface area contributed by atoms with E-state index in [-0.39, 0.29) is 47.1 Å². The molecule has 2 unspecified atom stereocenters. The van der Waals surface area contributed by atoms with Crippen molar-refractivity contribution in [3.05, 3.63) is 94.9 Å². The second kappa shape index (κ2) is 9.85. The number of carbonyl (C=O) groups excluding carboxylic acids is 2. The highest BCUT2D eigenvalue weighted by molar-refractivity contribution is 5.96. The largest absolute Gasteiger partial charge is 0.454 e. The molecule has 5 rings (SSSR count). The number of hydrogen-bond donors (Lipinski definition) is 1. The van der Waals surface area contributed by atoms with Crippen molar-refractivity contribution in [1.29, 1.82) is 0 Å². The van der Waals surface area contributed by atoms with Crippen molar-refractivity contribution >= 4 is 11.8 Å². The number of nitrogens with zero attached hydrogens (tertiary/aromatic N) is 2. The van der Waals surface area contributed by atoms with E-state index >= 15 is 0 Å². The highest BCUT2D eigenvalue weighted by atomic mass is 19.1. The van der Waals surface area contributed by atoms with Crippen molar-refractivity contribution in [2.75, 3.05) is 19.6 Å². The summed E-state index contributed by atoms with van der Waals surface area (Å²) < 4.78 is 32.5. The molecule has 188 valence electrons. The van der Waals surface area contributed by atoms with Crippen LogP contribution in [0.4, 0.5) is 8.78 Å². The number of amides is 2. The Bertz CT molecular complexity index is 1240. The third-order valence-electron chi connectivity index (χ3n) is 7.32. The van der Waals surface area contributed by atoms with E-state index in [2.05, 4.69) is 0 Å². The molecule has 2 aliphatic rings. The average molecular weight is 494 g/mol. The monoisotopic (exact) mass is 493 g/mol. The Labute approximate surface area is 208 Å². The maximum atomic E-state index is 13.7. The van der Waals surface area contributed by atoms with Gasteiger partial charge in [-0.15, -0.1) is 0 Å². The Morgan fingerprint density at radius 3 is 2.11 bits per heavy atom. The van der Waals surface area contributed by atoms with Gasteiger partial charge in [-0.3, -0.25) is 9.59 Å². The molecule has 0 aliphatic carbocycles. The Morgan fingerprint density at radius 1 is 0.917 bits per heavy atom. The molecule has 0 bridgehead atoms. The number of carbonyl (C=O) groups is 2. The summed E-state index contributed by atoms with van der Waals surface area (Å²) in [5.74, 6) is -0.450. The second-order valence-electron chi connectivity index (χ2n) is 9.77. The molecule has 2 aromatic carbocycles. The molecular weight excluding hydrogens is 464 g/mol. The van der Waals surface area contributed by atoms with Crippen LogP contribution in [0, 0.1) is 11.6 Å². The van der Waals surface area contributed by atoms with Crippen molar-refractivity contribution in [1.82, 2.24) is 9.80 Å². The minimum Gasteiger partial charge on any atom is -0.454 e. The first kappa shape index (κ1) is 24.2. The molecule has 2 amide bonds. The zero-order chi connectivity index (χ0) is 25.4. The number of nitrogens with two attached hydrogens (primary N) is 1. The van der Waals surface area contributed by atoms with Gasteiger partial charge in [0.2, 0.25) is 5.91 Å². The third kappa shape index (κ3) is 4.78. The van der Waals surface area contributed by atoms with E-state index in [0.717, 1.165) is 17.5 Å². The number of furan rings is 1. The number of halogens is 2. The van der Waals surface area contributed by atoms with Crippen LogP contribution in [0.25, 0.3) is 0 Å². The van der Waals surface area contributed by atoms with Crippen LogP contribution in [0.1, 0.15) is 65.1 Å². The van der Waals surface area contributed by atoms with E-state index < -0.39 is 6.04 Å². The molecule has 0 spiro atoms. The summed E-state index contributed by atoms with van der Waals surface area (Å²) in [5, 5.41) is 0. The molecule has 2 aliphatic heterocycles. The zero-order valence-electron chi connectivity index (χ0n) is 20.1. The molecule has 0 saturated carbocycles. The Balaban J connectivity index is 1.38. The van der Waals surface area contributed by atoms with Gasteiger partial charge in [-0.05, 0) is 67.3 Å². The van der Waals surface area contributed by atoms with Crippen LogP contribution >= 0.6 is 0 Å². The minimum absolute atomic E-state index is 0.109. The SMILES string of the molecule is CC(N)c1ccc(C(=O)N2C[C@@H](c3ccc(F)cc3)C[C@H]2C(=O)N2CCC(c3ccc(F)cc3)C2)o1. The van der Waals surface area contributed by atoms with Crippen LogP contribution < -0.4 is 5.73 Å². The first-order valence-corrected chi connectivity index (χ1v) is 12.3. The number of likely N-dealkylation sites (tertiary alicyclic amines) is 2. The van der Waals surface area contributed by atoms with Gasteiger partial charge in [0.25, 0.3) is 5.91 Å². The molecule has 6 nitrogen and oxygen atoms in total. The molecular formula is C28H29F2N3O3. The first-order valence-electron chi connectivity index (χ1n) is 12.3. The maximum Gasteiger partial charge on any atom is 0.290 e. The van der Waals surface area contributed by atoms with E-state index in [1.165, 1.54) is 24.3 Å². The lowest BCUT2D eigenvalue weighted by molar-refractivity contribution is -0.134. The lowest BCUT2D eigenvalue weighted by atomic mass is 9.96. The standard InChI is InChI=1S/C28H29F2N3O3/c1-17(31)25-10-11-26(36-25)28(35)33-16-21(19-4-8-23(30)9-5-19)14-24(33)27(34)32-13-12-20(15-32)18-2-6-22(29)7-3-18/h2-11,17,20-21,24H,12-16,31H2,1H3/t17?,20?,21-,24-/m0/s1. The predicted molar refractivity (Wildman–Crippen MR) is 130 cm³/mol. The predicted octanol–water partition coefficient (Wildman–Crippen LogP) is 4.59. The zero-order valence-corrected chi connectivity index (χ0v) is 20.1. The van der Waals surface area contributed by atoms with E-state index in [1.54, 1.807) is 53.1 Å². The van der Waals surface area contributed by atoms with Crippen molar-refractivity contribution in [2.45, 2.75) is 43.7 Å². The van der Waals surface area contributed by atoms with Crippen LogP contribution in [0.5, 0.6) is 0 Å². The fourth-order valence-electron chi connectivity index (χ4n) is 5.30. The Kier molecular flexibility index (Phi) is 6.62. The fourth-order valence-corrected chi connectivity index (χ4v) is 5.30. The average Bonchev–Trinajstić information content (AvgIpc) is 3.64. The van der Waals surface area contributed by atoms with Crippen molar-refractivity contribution in [3.63, 3.8) is 0 Å². The normalized spacial score (nSPS) is 22.7. The minimum atomic E-state index is -0.664. The molecule has 2 N–H and O–H groups in total. The number of hydrogen-bond acceptors (Lipinski definition) is 4. The van der Waals surface area contributed by atoms with Gasteiger partial charge in [-0.25, -0.2) is 8.78 Å². The second-order valence-corrected chi connectivity index (χ2v) is 9.77. The van der Waals surface area contributed by atoms with Gasteiger partial charge < -0.3 is 20.0 Å². The molecule has 3 heterocycles. The van der Waals surface area contributed by atoms with Crippen LogP contribution in [-0.2, 0) is 4.79 Å². The lowest BCUT2D eigenvalue weighted by Gasteiger charge is -2.27. The Morgan fingerprint density at radius 2 is 1.53 bits per heavy atom. The number of rotatable bonds is 5. The van der Waals surface area contributed by atoms with Gasteiger partial charge in [0.1, 0.15) is 23.4 Å². The highest BCUT2D eigenvalue weighted by Crippen LogP contribution is 2.36. The third-order valence-corrected chi connectivity index (χ3v) is 7.32. The van der Waals surface area contributed by atoms with Crippen LogP contribution in [0.3, 0.4) is 0 Å². The number of benzene rings is 2. The van der Waals surface area contributed by atoms with Gasteiger partial charge in [0.15, 0.2) is 5.76 Å². The Hall–Kier alpha value is -3.52. The highest BCUT2D eigenvalue weighted by Gasteiger charge is 2.44. The van der Waals surface area contributed by atoms with Crippen LogP contribution in [0.15, 0.2) is 65.1 Å². The van der Waals surface area contributed by atoms with Crippen molar-refractivity contribution < 1.29 is 22.8 Å². The van der Waals surface area contributed by atoms with E-state index in [9.17, 15) is 18.4 Å². The molecule has 8 heteroatoms. The van der Waals surface area contributed by atoms with Crippen LogP contribution in [0.2, 0.25) is 0 Å². The van der Waals surface area contributed by atoms with Crippen LogP contribution in [-0.4, -0.2) is 47.3 Å². The van der Waals surface area contributed by atoms with Gasteiger partial charge in [-0.1, -0.05) is 24.3 Å². The van der Waals surface area contributed by atoms with Gasteiger partial charge >= 0.3 is 0 Å². The fraction of sp³-hybridized carbons (Fsp3) is 0.357. The van der Waals surface area contributed by atoms with Gasteiger partial charge in [0, 0.05) is 31.5 Å². The summed E-state index contributed by atoms with van der Waals surface area (Å²) >= 11 is 0. The first-order chi connectivity index (χ1) is 17.3. The van der Waals surface area contributed by atoms with Crippen molar-refractivity contribution in [2.24, 2.45) is 5.73 Å². The smallest absolute Gasteiger partial charge is 0.290 e. The summed E-state index contributed by atoms with van der Waals surface area (Å²) in [7, 11) is 0. The lowest BCUT2D eigenvalue weighted by Crippen LogP contribution is -2.47. The molecule has 4 atom stereocenters. The molecule has 3 aromatic rings. The molecule has 2 fully saturated rings. The molecule has 2 saturated heterocycles. The quantitative estimate of drug-likeness (QED) is 0.564.